The van der Waals surface area contributed by atoms with Crippen molar-refractivity contribution in [1.82, 2.24) is 5.32 Å². The van der Waals surface area contributed by atoms with Crippen LogP contribution in [0.5, 0.6) is 11.5 Å². The van der Waals surface area contributed by atoms with E-state index in [0.717, 1.165) is 11.1 Å². The third kappa shape index (κ3) is 6.74. The second-order valence-electron chi connectivity index (χ2n) is 7.55. The molecule has 0 aliphatic carbocycles. The number of nitrogens with one attached hydrogen (secondary N) is 2. The van der Waals surface area contributed by atoms with E-state index in [0.29, 0.717) is 35.4 Å². The first-order valence-electron chi connectivity index (χ1n) is 10.7. The number of benzene rings is 3. The summed E-state index contributed by atoms with van der Waals surface area (Å²) in [4.78, 5) is 12.3. The Morgan fingerprint density at radius 3 is 2.44 bits per heavy atom. The van der Waals surface area contributed by atoms with Gasteiger partial charge in [0.25, 0.3) is 5.91 Å². The second-order valence-corrected chi connectivity index (χ2v) is 7.96. The minimum atomic E-state index is -0.269. The lowest BCUT2D eigenvalue weighted by Crippen LogP contribution is -2.21. The fourth-order valence-electron chi connectivity index (χ4n) is 3.23. The van der Waals surface area contributed by atoms with Crippen LogP contribution in [0.2, 0.25) is 5.02 Å². The molecule has 0 bridgehead atoms. The van der Waals surface area contributed by atoms with Crippen molar-refractivity contribution in [2.75, 3.05) is 18.5 Å². The van der Waals surface area contributed by atoms with Crippen LogP contribution in [-0.2, 0) is 11.3 Å². The summed E-state index contributed by atoms with van der Waals surface area (Å²) in [5.74, 6) is 0.620. The van der Waals surface area contributed by atoms with Crippen molar-refractivity contribution in [3.05, 3.63) is 88.4 Å². The lowest BCUT2D eigenvalue weighted by molar-refractivity contribution is -0.118. The number of ether oxygens (including phenoxy) is 2. The molecule has 0 saturated carbocycles. The van der Waals surface area contributed by atoms with E-state index in [-0.39, 0.29) is 18.6 Å². The number of halogens is 1. The van der Waals surface area contributed by atoms with Crippen molar-refractivity contribution < 1.29 is 14.3 Å². The fourth-order valence-corrected chi connectivity index (χ4v) is 3.52. The van der Waals surface area contributed by atoms with E-state index >= 15 is 0 Å². The molecule has 168 valence electrons. The average Bonchev–Trinajstić information content (AvgIpc) is 2.79. The van der Waals surface area contributed by atoms with E-state index in [1.54, 1.807) is 0 Å². The minimum absolute atomic E-state index is 0.170. The standard InChI is InChI=1S/C26H29ClN2O3/c1-4-31-24-15-20(16-28-19(3)21-8-6-5-7-9-21)14-23(27)26(24)32-17-25(30)29-22-12-10-18(2)11-13-22/h5-15,19,28H,4,16-17H2,1-3H3,(H,29,30)/t19-/m1/s1. The summed E-state index contributed by atoms with van der Waals surface area (Å²) in [6.45, 7) is 6.90. The Bertz CT molecular complexity index is 1020. The molecule has 0 spiro atoms. The molecule has 3 rings (SSSR count). The molecule has 5 nitrogen and oxygen atoms in total. The van der Waals surface area contributed by atoms with Gasteiger partial charge in [-0.15, -0.1) is 0 Å². The average molecular weight is 453 g/mol. The van der Waals surface area contributed by atoms with Gasteiger partial charge in [0, 0.05) is 18.3 Å². The highest BCUT2D eigenvalue weighted by molar-refractivity contribution is 6.32. The van der Waals surface area contributed by atoms with Crippen LogP contribution in [0.1, 0.15) is 36.6 Å². The van der Waals surface area contributed by atoms with Crippen molar-refractivity contribution in [2.45, 2.75) is 33.4 Å². The Morgan fingerprint density at radius 1 is 1.03 bits per heavy atom. The lowest BCUT2D eigenvalue weighted by atomic mass is 10.1. The summed E-state index contributed by atoms with van der Waals surface area (Å²) in [7, 11) is 0. The summed E-state index contributed by atoms with van der Waals surface area (Å²) in [5.41, 5.74) is 4.02. The quantitative estimate of drug-likeness (QED) is 0.401. The number of anilines is 1. The smallest absolute Gasteiger partial charge is 0.262 e. The Labute approximate surface area is 194 Å². The van der Waals surface area contributed by atoms with E-state index in [1.165, 1.54) is 5.56 Å². The van der Waals surface area contributed by atoms with Crippen LogP contribution in [0.25, 0.3) is 0 Å². The SMILES string of the molecule is CCOc1cc(CN[C@H](C)c2ccccc2)cc(Cl)c1OCC(=O)Nc1ccc(C)cc1. The number of rotatable bonds is 10. The van der Waals surface area contributed by atoms with Crippen molar-refractivity contribution in [2.24, 2.45) is 0 Å². The van der Waals surface area contributed by atoms with E-state index in [9.17, 15) is 4.79 Å². The minimum Gasteiger partial charge on any atom is -0.490 e. The van der Waals surface area contributed by atoms with Crippen LogP contribution in [0.3, 0.4) is 0 Å². The van der Waals surface area contributed by atoms with Crippen LogP contribution < -0.4 is 20.1 Å². The summed E-state index contributed by atoms with van der Waals surface area (Å²) in [5, 5.41) is 6.71. The zero-order valence-corrected chi connectivity index (χ0v) is 19.4. The summed E-state index contributed by atoms with van der Waals surface area (Å²) in [6.07, 6.45) is 0. The summed E-state index contributed by atoms with van der Waals surface area (Å²) < 4.78 is 11.5. The molecule has 1 atom stereocenters. The van der Waals surface area contributed by atoms with Gasteiger partial charge in [-0.2, -0.15) is 0 Å². The van der Waals surface area contributed by atoms with Gasteiger partial charge in [0.05, 0.1) is 11.6 Å². The van der Waals surface area contributed by atoms with Gasteiger partial charge in [-0.25, -0.2) is 0 Å². The monoisotopic (exact) mass is 452 g/mol. The van der Waals surface area contributed by atoms with Crippen molar-refractivity contribution >= 4 is 23.2 Å². The first kappa shape index (κ1) is 23.6. The predicted molar refractivity (Wildman–Crippen MR) is 130 cm³/mol. The molecule has 3 aromatic carbocycles. The molecule has 2 N–H and O–H groups in total. The highest BCUT2D eigenvalue weighted by atomic mass is 35.5. The second kappa shape index (κ2) is 11.6. The topological polar surface area (TPSA) is 59.6 Å². The molecule has 0 aliphatic rings. The molecule has 1 amide bonds. The number of hydrogen-bond donors (Lipinski definition) is 2. The maximum Gasteiger partial charge on any atom is 0.262 e. The van der Waals surface area contributed by atoms with Gasteiger partial charge in [0.15, 0.2) is 18.1 Å². The molecule has 6 heteroatoms. The Kier molecular flexibility index (Phi) is 8.54. The van der Waals surface area contributed by atoms with Crippen molar-refractivity contribution in [1.29, 1.82) is 0 Å². The highest BCUT2D eigenvalue weighted by Gasteiger charge is 2.15. The van der Waals surface area contributed by atoms with Crippen LogP contribution >= 0.6 is 11.6 Å². The van der Waals surface area contributed by atoms with Crippen LogP contribution in [0.15, 0.2) is 66.7 Å². The van der Waals surface area contributed by atoms with Crippen molar-refractivity contribution in [3.63, 3.8) is 0 Å². The molecular formula is C26H29ClN2O3. The van der Waals surface area contributed by atoms with Crippen LogP contribution in [-0.4, -0.2) is 19.1 Å². The summed E-state index contributed by atoms with van der Waals surface area (Å²) in [6, 6.07) is 21.7. The Hall–Kier alpha value is -3.02. The molecule has 0 unspecified atom stereocenters. The van der Waals surface area contributed by atoms with E-state index in [4.69, 9.17) is 21.1 Å². The zero-order valence-electron chi connectivity index (χ0n) is 18.7. The van der Waals surface area contributed by atoms with Crippen LogP contribution in [0.4, 0.5) is 5.69 Å². The molecule has 0 heterocycles. The zero-order chi connectivity index (χ0) is 22.9. The molecule has 0 aliphatic heterocycles. The van der Waals surface area contributed by atoms with Gasteiger partial charge in [-0.05, 0) is 56.2 Å². The molecule has 3 aromatic rings. The van der Waals surface area contributed by atoms with Gasteiger partial charge in [0.2, 0.25) is 0 Å². The van der Waals surface area contributed by atoms with E-state index in [2.05, 4.69) is 29.7 Å². The van der Waals surface area contributed by atoms with Crippen LogP contribution in [0, 0.1) is 6.92 Å². The van der Waals surface area contributed by atoms with Gasteiger partial charge in [0.1, 0.15) is 0 Å². The van der Waals surface area contributed by atoms with Gasteiger partial charge in [-0.3, -0.25) is 4.79 Å². The van der Waals surface area contributed by atoms with E-state index < -0.39 is 0 Å². The molecule has 0 radical (unpaired) electrons. The number of aryl methyl sites for hydroxylation is 1. The fraction of sp³-hybridized carbons (Fsp3) is 0.269. The number of carbonyl (C=O) groups is 1. The normalized spacial score (nSPS) is 11.6. The number of amides is 1. The van der Waals surface area contributed by atoms with Crippen molar-refractivity contribution in [3.8, 4) is 11.5 Å². The maximum absolute atomic E-state index is 12.3. The third-order valence-electron chi connectivity index (χ3n) is 4.96. The third-order valence-corrected chi connectivity index (χ3v) is 5.24. The molecule has 0 fully saturated rings. The first-order chi connectivity index (χ1) is 15.5. The van der Waals surface area contributed by atoms with E-state index in [1.807, 2.05) is 68.4 Å². The van der Waals surface area contributed by atoms with Gasteiger partial charge >= 0.3 is 0 Å². The predicted octanol–water partition coefficient (Wildman–Crippen LogP) is 5.92. The van der Waals surface area contributed by atoms with Gasteiger partial charge < -0.3 is 20.1 Å². The summed E-state index contributed by atoms with van der Waals surface area (Å²) >= 11 is 6.50. The Balaban J connectivity index is 1.64. The molecule has 0 saturated heterocycles. The van der Waals surface area contributed by atoms with Gasteiger partial charge in [-0.1, -0.05) is 59.6 Å². The Morgan fingerprint density at radius 2 is 1.75 bits per heavy atom. The lowest BCUT2D eigenvalue weighted by Gasteiger charge is -2.17. The molecule has 32 heavy (non-hydrogen) atoms. The molecular weight excluding hydrogens is 424 g/mol. The largest absolute Gasteiger partial charge is 0.490 e. The molecule has 0 aromatic heterocycles. The maximum atomic E-state index is 12.3. The number of hydrogen-bond acceptors (Lipinski definition) is 4. The number of carbonyl (C=O) groups excluding carboxylic acids is 1. The highest BCUT2D eigenvalue weighted by Crippen LogP contribution is 2.37. The first-order valence-corrected chi connectivity index (χ1v) is 11.1.